The Balaban J connectivity index is 3.67. The first-order chi connectivity index (χ1) is 12.2. The van der Waals surface area contributed by atoms with Crippen LogP contribution in [0.3, 0.4) is 0 Å². The Labute approximate surface area is 158 Å². The van der Waals surface area contributed by atoms with Gasteiger partial charge in [-0.2, -0.15) is 0 Å². The van der Waals surface area contributed by atoms with E-state index in [1.807, 2.05) is 0 Å². The molecule has 0 amide bonds. The highest BCUT2D eigenvalue weighted by atomic mass is 15.1. The molecule has 0 aromatic rings. The zero-order valence-corrected chi connectivity index (χ0v) is 17.4. The molecule has 1 atom stereocenters. The Bertz CT molecular complexity index is 248. The molecule has 0 aliphatic carbocycles. The standard InChI is InChI=1S/C21H48N4/c1-3-4-5-6-7-8-9-10-11-12-18-25(19-14-16-23)20-21(2)24-17-13-15-22/h21,24H,3-20,22-23H2,1-2H3. The largest absolute Gasteiger partial charge is 0.330 e. The lowest BCUT2D eigenvalue weighted by Crippen LogP contribution is -2.41. The summed E-state index contributed by atoms with van der Waals surface area (Å²) < 4.78 is 0. The Morgan fingerprint density at radius 1 is 0.720 bits per heavy atom. The van der Waals surface area contributed by atoms with Crippen LogP contribution >= 0.6 is 0 Å². The third-order valence-electron chi connectivity index (χ3n) is 4.91. The predicted octanol–water partition coefficient (Wildman–Crippen LogP) is 3.89. The maximum absolute atomic E-state index is 5.70. The third-order valence-corrected chi connectivity index (χ3v) is 4.91. The second-order valence-electron chi connectivity index (χ2n) is 7.62. The number of hydrogen-bond acceptors (Lipinski definition) is 4. The molecule has 0 bridgehead atoms. The first-order valence-corrected chi connectivity index (χ1v) is 11.1. The molecule has 0 aliphatic rings. The van der Waals surface area contributed by atoms with E-state index in [0.717, 1.165) is 45.6 Å². The van der Waals surface area contributed by atoms with Crippen molar-refractivity contribution in [3.8, 4) is 0 Å². The third kappa shape index (κ3) is 18.4. The minimum absolute atomic E-state index is 0.535. The lowest BCUT2D eigenvalue weighted by Gasteiger charge is -2.26. The Morgan fingerprint density at radius 2 is 1.24 bits per heavy atom. The highest BCUT2D eigenvalue weighted by Gasteiger charge is 2.09. The molecule has 4 heteroatoms. The van der Waals surface area contributed by atoms with E-state index in [1.165, 1.54) is 70.8 Å². The molecule has 0 rings (SSSR count). The number of hydrogen-bond donors (Lipinski definition) is 3. The molecule has 1 unspecified atom stereocenters. The van der Waals surface area contributed by atoms with Gasteiger partial charge in [0.1, 0.15) is 0 Å². The molecule has 0 spiro atoms. The zero-order chi connectivity index (χ0) is 18.6. The molecule has 0 radical (unpaired) electrons. The molecule has 0 heterocycles. The van der Waals surface area contributed by atoms with Gasteiger partial charge in [0, 0.05) is 12.6 Å². The average molecular weight is 357 g/mol. The van der Waals surface area contributed by atoms with Crippen molar-refractivity contribution in [1.29, 1.82) is 0 Å². The molecule has 0 fully saturated rings. The van der Waals surface area contributed by atoms with E-state index in [0.29, 0.717) is 6.04 Å². The lowest BCUT2D eigenvalue weighted by molar-refractivity contribution is 0.240. The van der Waals surface area contributed by atoms with Gasteiger partial charge >= 0.3 is 0 Å². The van der Waals surface area contributed by atoms with Crippen molar-refractivity contribution in [1.82, 2.24) is 10.2 Å². The minimum atomic E-state index is 0.535. The second-order valence-corrected chi connectivity index (χ2v) is 7.62. The molecule has 0 aromatic carbocycles. The van der Waals surface area contributed by atoms with Crippen LogP contribution < -0.4 is 16.8 Å². The van der Waals surface area contributed by atoms with Gasteiger partial charge in [-0.3, -0.25) is 0 Å². The van der Waals surface area contributed by atoms with Gasteiger partial charge in [-0.1, -0.05) is 64.7 Å². The van der Waals surface area contributed by atoms with Crippen LogP contribution in [0.2, 0.25) is 0 Å². The Morgan fingerprint density at radius 3 is 1.80 bits per heavy atom. The SMILES string of the molecule is CCCCCCCCCCCCN(CCCN)CC(C)NCCCN. The molecule has 25 heavy (non-hydrogen) atoms. The summed E-state index contributed by atoms with van der Waals surface area (Å²) in [5.74, 6) is 0. The number of unbranched alkanes of at least 4 members (excludes halogenated alkanes) is 9. The highest BCUT2D eigenvalue weighted by Crippen LogP contribution is 2.11. The summed E-state index contributed by atoms with van der Waals surface area (Å²) in [5.41, 5.74) is 11.3. The van der Waals surface area contributed by atoms with Crippen molar-refractivity contribution in [2.24, 2.45) is 11.5 Å². The topological polar surface area (TPSA) is 67.3 Å². The van der Waals surface area contributed by atoms with E-state index in [9.17, 15) is 0 Å². The maximum atomic E-state index is 5.70. The van der Waals surface area contributed by atoms with Crippen LogP contribution in [0.5, 0.6) is 0 Å². The van der Waals surface area contributed by atoms with Gasteiger partial charge in [0.05, 0.1) is 0 Å². The monoisotopic (exact) mass is 356 g/mol. The lowest BCUT2D eigenvalue weighted by atomic mass is 10.1. The number of nitrogens with zero attached hydrogens (tertiary/aromatic N) is 1. The van der Waals surface area contributed by atoms with Gasteiger partial charge < -0.3 is 21.7 Å². The number of nitrogens with one attached hydrogen (secondary N) is 1. The molecule has 152 valence electrons. The van der Waals surface area contributed by atoms with Crippen LogP contribution in [0.15, 0.2) is 0 Å². The zero-order valence-electron chi connectivity index (χ0n) is 17.4. The van der Waals surface area contributed by atoms with Gasteiger partial charge in [0.15, 0.2) is 0 Å². The summed E-state index contributed by atoms with van der Waals surface area (Å²) in [5, 5.41) is 3.58. The average Bonchev–Trinajstić information content (AvgIpc) is 2.61. The first-order valence-electron chi connectivity index (χ1n) is 11.1. The smallest absolute Gasteiger partial charge is 0.0166 e. The fourth-order valence-electron chi connectivity index (χ4n) is 3.33. The van der Waals surface area contributed by atoms with E-state index in [-0.39, 0.29) is 0 Å². The molecular formula is C21H48N4. The fraction of sp³-hybridized carbons (Fsp3) is 1.00. The number of nitrogens with two attached hydrogens (primary N) is 2. The maximum Gasteiger partial charge on any atom is 0.0166 e. The summed E-state index contributed by atoms with van der Waals surface area (Å²) in [7, 11) is 0. The van der Waals surface area contributed by atoms with Crippen LogP contribution in [0, 0.1) is 0 Å². The van der Waals surface area contributed by atoms with Gasteiger partial charge in [-0.25, -0.2) is 0 Å². The van der Waals surface area contributed by atoms with E-state index < -0.39 is 0 Å². The van der Waals surface area contributed by atoms with Gasteiger partial charge in [-0.15, -0.1) is 0 Å². The molecule has 0 saturated heterocycles. The summed E-state index contributed by atoms with van der Waals surface area (Å²) in [4.78, 5) is 2.59. The predicted molar refractivity (Wildman–Crippen MR) is 113 cm³/mol. The minimum Gasteiger partial charge on any atom is -0.330 e. The summed E-state index contributed by atoms with van der Waals surface area (Å²) in [6, 6.07) is 0.535. The summed E-state index contributed by atoms with van der Waals surface area (Å²) >= 11 is 0. The number of rotatable bonds is 20. The van der Waals surface area contributed by atoms with E-state index in [4.69, 9.17) is 11.5 Å². The van der Waals surface area contributed by atoms with Gasteiger partial charge in [0.25, 0.3) is 0 Å². The molecule has 0 aliphatic heterocycles. The van der Waals surface area contributed by atoms with Crippen LogP contribution in [0.25, 0.3) is 0 Å². The van der Waals surface area contributed by atoms with Crippen molar-refractivity contribution >= 4 is 0 Å². The van der Waals surface area contributed by atoms with E-state index >= 15 is 0 Å². The van der Waals surface area contributed by atoms with Crippen molar-refractivity contribution in [2.75, 3.05) is 39.3 Å². The molecular weight excluding hydrogens is 308 g/mol. The van der Waals surface area contributed by atoms with Crippen LogP contribution in [-0.2, 0) is 0 Å². The van der Waals surface area contributed by atoms with Gasteiger partial charge in [-0.05, 0) is 58.9 Å². The highest BCUT2D eigenvalue weighted by molar-refractivity contribution is 4.68. The Hall–Kier alpha value is -0.160. The van der Waals surface area contributed by atoms with Gasteiger partial charge in [0.2, 0.25) is 0 Å². The van der Waals surface area contributed by atoms with Crippen LogP contribution in [-0.4, -0.2) is 50.2 Å². The quantitative estimate of drug-likeness (QED) is 0.290. The molecule has 4 nitrogen and oxygen atoms in total. The normalized spacial score (nSPS) is 12.8. The molecule has 0 aromatic heterocycles. The Kier molecular flexibility index (Phi) is 20.0. The summed E-state index contributed by atoms with van der Waals surface area (Å²) in [6.45, 7) is 10.6. The van der Waals surface area contributed by atoms with Crippen LogP contribution in [0.1, 0.15) is 90.9 Å². The summed E-state index contributed by atoms with van der Waals surface area (Å²) in [6.07, 6.45) is 16.2. The van der Waals surface area contributed by atoms with E-state index in [1.54, 1.807) is 0 Å². The van der Waals surface area contributed by atoms with Crippen molar-refractivity contribution in [3.05, 3.63) is 0 Å². The van der Waals surface area contributed by atoms with Crippen molar-refractivity contribution in [2.45, 2.75) is 96.9 Å². The van der Waals surface area contributed by atoms with Crippen LogP contribution in [0.4, 0.5) is 0 Å². The van der Waals surface area contributed by atoms with E-state index in [2.05, 4.69) is 24.1 Å². The van der Waals surface area contributed by atoms with Crippen molar-refractivity contribution in [3.63, 3.8) is 0 Å². The fourth-order valence-corrected chi connectivity index (χ4v) is 3.33. The first kappa shape index (κ1) is 24.8. The van der Waals surface area contributed by atoms with Crippen molar-refractivity contribution < 1.29 is 0 Å². The second kappa shape index (κ2) is 20.2. The molecule has 5 N–H and O–H groups in total. The molecule has 0 saturated carbocycles.